The highest BCUT2D eigenvalue weighted by Gasteiger charge is 2.14. The van der Waals surface area contributed by atoms with E-state index >= 15 is 0 Å². The number of para-hydroxylation sites is 1. The smallest absolute Gasteiger partial charge is 0.139 e. The molecular weight excluding hydrogens is 256 g/mol. The molecule has 3 rings (SSSR count). The van der Waals surface area contributed by atoms with E-state index < -0.39 is 0 Å². The Morgan fingerprint density at radius 1 is 1.14 bits per heavy atom. The van der Waals surface area contributed by atoms with Crippen molar-refractivity contribution in [3.8, 4) is 0 Å². The maximum absolute atomic E-state index is 6.14. The van der Waals surface area contributed by atoms with Crippen molar-refractivity contribution in [2.75, 3.05) is 0 Å². The van der Waals surface area contributed by atoms with Crippen LogP contribution in [0.15, 0.2) is 40.8 Å². The lowest BCUT2D eigenvalue weighted by molar-refractivity contribution is 0.663. The molecule has 0 aliphatic carbocycles. The first-order chi connectivity index (χ1) is 10.3. The molecule has 0 aliphatic rings. The van der Waals surface area contributed by atoms with E-state index in [1.807, 2.05) is 6.07 Å². The molecular formula is C20H22O. The van der Waals surface area contributed by atoms with Crippen LogP contribution in [0.2, 0.25) is 0 Å². The maximum atomic E-state index is 6.14. The van der Waals surface area contributed by atoms with Gasteiger partial charge in [0.05, 0.1) is 0 Å². The SMILES string of the molecule is CCCC=Cc1c(C)cc(CC)c2oc3ccccc3c12. The third-order valence-electron chi connectivity index (χ3n) is 4.09. The van der Waals surface area contributed by atoms with Gasteiger partial charge >= 0.3 is 0 Å². The van der Waals surface area contributed by atoms with Gasteiger partial charge in [0.15, 0.2) is 0 Å². The van der Waals surface area contributed by atoms with Crippen LogP contribution in [0.25, 0.3) is 28.0 Å². The molecule has 0 saturated carbocycles. The van der Waals surface area contributed by atoms with Crippen LogP contribution >= 0.6 is 0 Å². The first-order valence-corrected chi connectivity index (χ1v) is 7.86. The minimum atomic E-state index is 0.984. The Kier molecular flexibility index (Phi) is 3.83. The highest BCUT2D eigenvalue weighted by Crippen LogP contribution is 2.36. The number of allylic oxidation sites excluding steroid dienone is 1. The van der Waals surface area contributed by atoms with Gasteiger partial charge in [0.2, 0.25) is 0 Å². The second-order valence-corrected chi connectivity index (χ2v) is 5.61. The second-order valence-electron chi connectivity index (χ2n) is 5.61. The summed E-state index contributed by atoms with van der Waals surface area (Å²) in [5.74, 6) is 0. The normalized spacial score (nSPS) is 12.0. The molecule has 1 aromatic heterocycles. The van der Waals surface area contributed by atoms with Gasteiger partial charge in [0, 0.05) is 10.8 Å². The van der Waals surface area contributed by atoms with E-state index in [-0.39, 0.29) is 0 Å². The third kappa shape index (κ3) is 2.37. The van der Waals surface area contributed by atoms with Crippen LogP contribution in [0, 0.1) is 6.92 Å². The average molecular weight is 278 g/mol. The predicted octanol–water partition coefficient (Wildman–Crippen LogP) is 6.27. The van der Waals surface area contributed by atoms with Crippen LogP contribution in [0.1, 0.15) is 43.4 Å². The highest BCUT2D eigenvalue weighted by atomic mass is 16.3. The minimum Gasteiger partial charge on any atom is -0.456 e. The summed E-state index contributed by atoms with van der Waals surface area (Å²) < 4.78 is 6.14. The number of benzene rings is 2. The molecule has 0 radical (unpaired) electrons. The monoisotopic (exact) mass is 278 g/mol. The number of hydrogen-bond acceptors (Lipinski definition) is 1. The van der Waals surface area contributed by atoms with Crippen molar-refractivity contribution >= 4 is 28.0 Å². The fourth-order valence-corrected chi connectivity index (χ4v) is 2.99. The minimum absolute atomic E-state index is 0.984. The summed E-state index contributed by atoms with van der Waals surface area (Å²) in [7, 11) is 0. The molecule has 0 fully saturated rings. The van der Waals surface area contributed by atoms with Gasteiger partial charge in [-0.3, -0.25) is 0 Å². The lowest BCUT2D eigenvalue weighted by Crippen LogP contribution is -1.89. The zero-order valence-corrected chi connectivity index (χ0v) is 13.1. The number of unbranched alkanes of at least 4 members (excludes halogenated alkanes) is 1. The molecule has 1 heterocycles. The van der Waals surface area contributed by atoms with Crippen LogP contribution in [0.4, 0.5) is 0 Å². The molecule has 0 N–H and O–H groups in total. The summed E-state index contributed by atoms with van der Waals surface area (Å²) in [5.41, 5.74) is 5.98. The molecule has 3 aromatic rings. The summed E-state index contributed by atoms with van der Waals surface area (Å²) in [6.45, 7) is 6.60. The number of furan rings is 1. The van der Waals surface area contributed by atoms with E-state index in [2.05, 4.69) is 57.2 Å². The van der Waals surface area contributed by atoms with Crippen molar-refractivity contribution < 1.29 is 4.42 Å². The topological polar surface area (TPSA) is 13.1 Å². The summed E-state index contributed by atoms with van der Waals surface area (Å²) in [4.78, 5) is 0. The predicted molar refractivity (Wildman–Crippen MR) is 91.8 cm³/mol. The van der Waals surface area contributed by atoms with E-state index in [1.54, 1.807) is 0 Å². The standard InChI is InChI=1S/C20H22O/c1-4-6-7-10-16-14(3)13-15(5-2)20-19(16)17-11-8-9-12-18(17)21-20/h7-13H,4-6H2,1-3H3. The Bertz CT molecular complexity index is 805. The Morgan fingerprint density at radius 3 is 2.71 bits per heavy atom. The summed E-state index contributed by atoms with van der Waals surface area (Å²) >= 11 is 0. The van der Waals surface area contributed by atoms with E-state index in [9.17, 15) is 0 Å². The first-order valence-electron chi connectivity index (χ1n) is 7.86. The zero-order chi connectivity index (χ0) is 14.8. The molecule has 0 unspecified atom stereocenters. The molecule has 0 bridgehead atoms. The third-order valence-corrected chi connectivity index (χ3v) is 4.09. The van der Waals surface area contributed by atoms with Crippen LogP contribution in [-0.4, -0.2) is 0 Å². The zero-order valence-electron chi connectivity index (χ0n) is 13.1. The van der Waals surface area contributed by atoms with E-state index in [0.717, 1.165) is 24.0 Å². The van der Waals surface area contributed by atoms with E-state index in [4.69, 9.17) is 4.42 Å². The molecule has 0 aliphatic heterocycles. The lowest BCUT2D eigenvalue weighted by atomic mass is 9.96. The molecule has 2 aromatic carbocycles. The van der Waals surface area contributed by atoms with Crippen molar-refractivity contribution in [3.63, 3.8) is 0 Å². The average Bonchev–Trinajstić information content (AvgIpc) is 2.88. The van der Waals surface area contributed by atoms with Crippen LogP contribution < -0.4 is 0 Å². The number of rotatable bonds is 4. The van der Waals surface area contributed by atoms with Gasteiger partial charge in [-0.05, 0) is 42.5 Å². The fraction of sp³-hybridized carbons (Fsp3) is 0.300. The fourth-order valence-electron chi connectivity index (χ4n) is 2.99. The molecule has 0 amide bonds. The van der Waals surface area contributed by atoms with Crippen LogP contribution in [0.5, 0.6) is 0 Å². The summed E-state index contributed by atoms with van der Waals surface area (Å²) in [5, 5.41) is 2.50. The van der Waals surface area contributed by atoms with Crippen molar-refractivity contribution in [1.82, 2.24) is 0 Å². The number of fused-ring (bicyclic) bond motifs is 3. The number of aryl methyl sites for hydroxylation is 2. The van der Waals surface area contributed by atoms with Gasteiger partial charge in [0.1, 0.15) is 11.2 Å². The van der Waals surface area contributed by atoms with E-state index in [1.165, 1.54) is 33.9 Å². The molecule has 0 saturated heterocycles. The molecule has 0 spiro atoms. The Morgan fingerprint density at radius 2 is 1.95 bits per heavy atom. The van der Waals surface area contributed by atoms with Crippen molar-refractivity contribution in [1.29, 1.82) is 0 Å². The van der Waals surface area contributed by atoms with Crippen molar-refractivity contribution in [2.24, 2.45) is 0 Å². The Balaban J connectivity index is 2.37. The van der Waals surface area contributed by atoms with Gasteiger partial charge in [-0.15, -0.1) is 0 Å². The van der Waals surface area contributed by atoms with Crippen LogP contribution in [0.3, 0.4) is 0 Å². The molecule has 1 nitrogen and oxygen atoms in total. The molecule has 0 atom stereocenters. The molecule has 108 valence electrons. The summed E-state index contributed by atoms with van der Waals surface area (Å²) in [6, 6.07) is 10.6. The van der Waals surface area contributed by atoms with Crippen LogP contribution in [-0.2, 0) is 6.42 Å². The lowest BCUT2D eigenvalue weighted by Gasteiger charge is -2.07. The first kappa shape index (κ1) is 13.9. The Labute approximate surface area is 126 Å². The molecule has 1 heteroatoms. The maximum Gasteiger partial charge on any atom is 0.139 e. The van der Waals surface area contributed by atoms with Crippen molar-refractivity contribution in [3.05, 3.63) is 53.1 Å². The largest absolute Gasteiger partial charge is 0.456 e. The Hall–Kier alpha value is -2.02. The summed E-state index contributed by atoms with van der Waals surface area (Å²) in [6.07, 6.45) is 7.83. The second kappa shape index (κ2) is 5.77. The quantitative estimate of drug-likeness (QED) is 0.548. The van der Waals surface area contributed by atoms with Gasteiger partial charge in [-0.1, -0.05) is 56.7 Å². The van der Waals surface area contributed by atoms with Gasteiger partial charge < -0.3 is 4.42 Å². The van der Waals surface area contributed by atoms with Gasteiger partial charge in [-0.2, -0.15) is 0 Å². The highest BCUT2D eigenvalue weighted by molar-refractivity contribution is 6.10. The van der Waals surface area contributed by atoms with Gasteiger partial charge in [0.25, 0.3) is 0 Å². The molecule has 21 heavy (non-hydrogen) atoms. The van der Waals surface area contributed by atoms with E-state index in [0.29, 0.717) is 0 Å². The van der Waals surface area contributed by atoms with Crippen molar-refractivity contribution in [2.45, 2.75) is 40.0 Å². The number of hydrogen-bond donors (Lipinski definition) is 0. The van der Waals surface area contributed by atoms with Gasteiger partial charge in [-0.25, -0.2) is 0 Å².